The van der Waals surface area contributed by atoms with Crippen molar-refractivity contribution in [2.45, 2.75) is 31.9 Å². The zero-order chi connectivity index (χ0) is 27.4. The minimum Gasteiger partial charge on any atom is -0.497 e. The first-order chi connectivity index (χ1) is 18.1. The maximum absolute atomic E-state index is 15.4. The molecule has 0 amide bonds. The number of aliphatic carboxylic acids is 1. The number of nitrogens with zero attached hydrogens (tertiary/aromatic N) is 2. The van der Waals surface area contributed by atoms with Crippen LogP contribution in [0.2, 0.25) is 0 Å². The first-order valence-electron chi connectivity index (χ1n) is 12.1. The van der Waals surface area contributed by atoms with Crippen molar-refractivity contribution in [3.63, 3.8) is 0 Å². The van der Waals surface area contributed by atoms with Crippen molar-refractivity contribution in [2.24, 2.45) is 5.41 Å². The van der Waals surface area contributed by atoms with Crippen molar-refractivity contribution in [1.82, 2.24) is 9.88 Å². The summed E-state index contributed by atoms with van der Waals surface area (Å²) in [5, 5.41) is 10.3. The summed E-state index contributed by atoms with van der Waals surface area (Å²) in [5.74, 6) is -5.86. The number of rotatable bonds is 10. The number of carbonyl (C=O) groups is 1. The van der Waals surface area contributed by atoms with Gasteiger partial charge in [0.2, 0.25) is 0 Å². The first-order valence-corrected chi connectivity index (χ1v) is 12.1. The summed E-state index contributed by atoms with van der Waals surface area (Å²) in [5.41, 5.74) is -0.945. The molecule has 4 rings (SSSR count). The molecule has 6 nitrogen and oxygen atoms in total. The van der Waals surface area contributed by atoms with Crippen LogP contribution in [0.1, 0.15) is 37.4 Å². The van der Waals surface area contributed by atoms with E-state index in [2.05, 4.69) is 4.98 Å². The van der Waals surface area contributed by atoms with Crippen molar-refractivity contribution in [3.8, 4) is 11.5 Å². The topological polar surface area (TPSA) is 71.9 Å². The van der Waals surface area contributed by atoms with Crippen LogP contribution < -0.4 is 9.47 Å². The number of pyridine rings is 1. The van der Waals surface area contributed by atoms with E-state index < -0.39 is 40.8 Å². The molecule has 0 aliphatic carbocycles. The van der Waals surface area contributed by atoms with Crippen LogP contribution in [-0.2, 0) is 4.79 Å². The normalized spacial score (nSPS) is 16.4. The van der Waals surface area contributed by atoms with Crippen LogP contribution in [0.4, 0.5) is 22.0 Å². The molecular formula is C27H27F5N2O4. The number of hydrogen-bond donors (Lipinski definition) is 1. The number of benzene rings is 2. The molecule has 1 atom stereocenters. The van der Waals surface area contributed by atoms with Gasteiger partial charge in [-0.25, -0.2) is 22.0 Å². The summed E-state index contributed by atoms with van der Waals surface area (Å²) >= 11 is 0. The lowest BCUT2D eigenvalue weighted by molar-refractivity contribution is -0.153. The number of ether oxygens (including phenoxy) is 2. The number of hydrogen-bond acceptors (Lipinski definition) is 5. The van der Waals surface area contributed by atoms with Crippen LogP contribution in [0, 0.1) is 28.7 Å². The number of likely N-dealkylation sites (tertiary alicyclic amines) is 1. The molecule has 11 heteroatoms. The zero-order valence-corrected chi connectivity index (χ0v) is 20.7. The molecule has 0 spiro atoms. The van der Waals surface area contributed by atoms with E-state index in [0.717, 1.165) is 18.3 Å². The molecule has 204 valence electrons. The van der Waals surface area contributed by atoms with Gasteiger partial charge in [-0.3, -0.25) is 14.7 Å². The summed E-state index contributed by atoms with van der Waals surface area (Å²) in [6.07, 6.45) is -0.491. The molecular weight excluding hydrogens is 511 g/mol. The molecule has 0 unspecified atom stereocenters. The Morgan fingerprint density at radius 3 is 2.39 bits per heavy atom. The van der Waals surface area contributed by atoms with Gasteiger partial charge in [0.25, 0.3) is 0 Å². The van der Waals surface area contributed by atoms with Crippen LogP contribution in [0.15, 0.2) is 36.5 Å². The first kappa shape index (κ1) is 27.6. The van der Waals surface area contributed by atoms with Crippen LogP contribution >= 0.6 is 0 Å². The number of carboxylic acids is 1. The Morgan fingerprint density at radius 1 is 1.08 bits per heavy atom. The largest absolute Gasteiger partial charge is 0.497 e. The fourth-order valence-electron chi connectivity index (χ4n) is 4.84. The smallest absolute Gasteiger partial charge is 0.309 e. The Bertz CT molecular complexity index is 1290. The van der Waals surface area contributed by atoms with Crippen molar-refractivity contribution in [2.75, 3.05) is 33.4 Å². The Hall–Kier alpha value is -3.47. The van der Waals surface area contributed by atoms with Crippen molar-refractivity contribution < 1.29 is 41.3 Å². The predicted octanol–water partition coefficient (Wildman–Crippen LogP) is 5.84. The van der Waals surface area contributed by atoms with Crippen LogP contribution in [0.25, 0.3) is 10.9 Å². The lowest BCUT2D eigenvalue weighted by Crippen LogP contribution is -2.45. The Morgan fingerprint density at radius 2 is 1.76 bits per heavy atom. The minimum atomic E-state index is -1.74. The van der Waals surface area contributed by atoms with E-state index in [4.69, 9.17) is 9.47 Å². The zero-order valence-electron chi connectivity index (χ0n) is 20.7. The Kier molecular flexibility index (Phi) is 8.35. The maximum Gasteiger partial charge on any atom is 0.309 e. The second-order valence-corrected chi connectivity index (χ2v) is 9.39. The third-order valence-corrected chi connectivity index (χ3v) is 7.16. The van der Waals surface area contributed by atoms with E-state index in [1.807, 2.05) is 4.90 Å². The van der Waals surface area contributed by atoms with E-state index in [9.17, 15) is 27.5 Å². The highest BCUT2D eigenvalue weighted by atomic mass is 19.2. The van der Waals surface area contributed by atoms with Crippen LogP contribution in [-0.4, -0.2) is 54.3 Å². The fourth-order valence-corrected chi connectivity index (χ4v) is 4.84. The van der Waals surface area contributed by atoms with Gasteiger partial charge in [0, 0.05) is 29.6 Å². The lowest BCUT2D eigenvalue weighted by Gasteiger charge is -2.39. The van der Waals surface area contributed by atoms with E-state index in [0.29, 0.717) is 30.9 Å². The third-order valence-electron chi connectivity index (χ3n) is 7.16. The van der Waals surface area contributed by atoms with Gasteiger partial charge in [-0.2, -0.15) is 0 Å². The number of piperidine rings is 1. The average Bonchev–Trinajstić information content (AvgIpc) is 2.90. The molecule has 0 saturated carbocycles. The van der Waals surface area contributed by atoms with Gasteiger partial charge in [0.1, 0.15) is 30.1 Å². The Labute approximate surface area is 216 Å². The highest BCUT2D eigenvalue weighted by Crippen LogP contribution is 2.41. The van der Waals surface area contributed by atoms with Gasteiger partial charge in [0.15, 0.2) is 17.5 Å². The number of fused-ring (bicyclic) bond motifs is 1. The highest BCUT2D eigenvalue weighted by Gasteiger charge is 2.42. The quantitative estimate of drug-likeness (QED) is 0.259. The van der Waals surface area contributed by atoms with Gasteiger partial charge >= 0.3 is 5.97 Å². The second kappa shape index (κ2) is 11.5. The number of alkyl halides is 1. The van der Waals surface area contributed by atoms with E-state index in [-0.39, 0.29) is 49.0 Å². The molecule has 1 saturated heterocycles. The van der Waals surface area contributed by atoms with Crippen molar-refractivity contribution in [3.05, 3.63) is 65.4 Å². The van der Waals surface area contributed by atoms with Gasteiger partial charge in [-0.1, -0.05) is 0 Å². The number of carboxylic acid groups (broad SMARTS) is 1. The second-order valence-electron chi connectivity index (χ2n) is 9.39. The standard InChI is InChI=1S/C27H27F5N2O4/c1-37-16-2-3-23-18(12-16)24(22(31)15-33-23)19(28)4-5-27(26(35)36)6-8-34(9-7-27)10-11-38-17-13-20(29)25(32)21(30)14-17/h2-3,12-15,19H,4-11H2,1H3,(H,35,36)/t19-/m0/s1. The monoisotopic (exact) mass is 538 g/mol. The number of halogens is 5. The van der Waals surface area contributed by atoms with Gasteiger partial charge in [-0.05, 0) is 57.0 Å². The molecule has 1 N–H and O–H groups in total. The van der Waals surface area contributed by atoms with Gasteiger partial charge in [-0.15, -0.1) is 0 Å². The molecule has 1 aromatic heterocycles. The SMILES string of the molecule is COc1ccc2ncc(F)c([C@@H](F)CCC3(C(=O)O)CCN(CCOc4cc(F)c(F)c(F)c4)CC3)c2c1. The molecule has 1 aliphatic rings. The van der Waals surface area contributed by atoms with E-state index in [1.165, 1.54) is 13.2 Å². The van der Waals surface area contributed by atoms with E-state index >= 15 is 4.39 Å². The summed E-state index contributed by atoms with van der Waals surface area (Å²) in [6, 6.07) is 6.25. The molecule has 2 aromatic carbocycles. The average molecular weight is 539 g/mol. The highest BCUT2D eigenvalue weighted by molar-refractivity contribution is 5.84. The molecule has 2 heterocycles. The molecule has 0 radical (unpaired) electrons. The fraction of sp³-hybridized carbons (Fsp3) is 0.407. The molecule has 3 aromatic rings. The maximum atomic E-state index is 15.4. The molecule has 38 heavy (non-hydrogen) atoms. The summed E-state index contributed by atoms with van der Waals surface area (Å²) in [7, 11) is 1.44. The number of aromatic nitrogens is 1. The van der Waals surface area contributed by atoms with Crippen molar-refractivity contribution >= 4 is 16.9 Å². The van der Waals surface area contributed by atoms with Crippen LogP contribution in [0.5, 0.6) is 11.5 Å². The summed E-state index contributed by atoms with van der Waals surface area (Å²) < 4.78 is 80.3. The lowest BCUT2D eigenvalue weighted by atomic mass is 9.74. The molecule has 1 aliphatic heterocycles. The summed E-state index contributed by atoms with van der Waals surface area (Å²) in [6.45, 7) is 1.15. The third kappa shape index (κ3) is 5.82. The Balaban J connectivity index is 1.36. The minimum absolute atomic E-state index is 0.00912. The van der Waals surface area contributed by atoms with Crippen LogP contribution in [0.3, 0.4) is 0 Å². The van der Waals surface area contributed by atoms with Gasteiger partial charge in [0.05, 0.1) is 24.2 Å². The molecule has 0 bridgehead atoms. The predicted molar refractivity (Wildman–Crippen MR) is 129 cm³/mol. The van der Waals surface area contributed by atoms with Crippen molar-refractivity contribution in [1.29, 1.82) is 0 Å². The summed E-state index contributed by atoms with van der Waals surface area (Å²) in [4.78, 5) is 18.1. The van der Waals surface area contributed by atoms with E-state index in [1.54, 1.807) is 12.1 Å². The molecule has 1 fully saturated rings. The number of methoxy groups -OCH3 is 1. The van der Waals surface area contributed by atoms with Gasteiger partial charge < -0.3 is 14.6 Å².